The summed E-state index contributed by atoms with van der Waals surface area (Å²) in [4.78, 5) is 31.5. The maximum Gasteiger partial charge on any atom is 0.410 e. The Morgan fingerprint density at radius 3 is 2.42 bits per heavy atom. The van der Waals surface area contributed by atoms with E-state index in [1.807, 2.05) is 20.8 Å². The van der Waals surface area contributed by atoms with Crippen molar-refractivity contribution in [2.45, 2.75) is 51.3 Å². The minimum absolute atomic E-state index is 0.00959. The third-order valence-corrected chi connectivity index (χ3v) is 4.68. The van der Waals surface area contributed by atoms with Crippen molar-refractivity contribution < 1.29 is 23.8 Å². The summed E-state index contributed by atoms with van der Waals surface area (Å²) < 4.78 is 16.3. The molecule has 2 bridgehead atoms. The molecule has 2 saturated heterocycles. The fourth-order valence-corrected chi connectivity index (χ4v) is 3.62. The van der Waals surface area contributed by atoms with Gasteiger partial charge in [-0.3, -0.25) is 9.69 Å². The van der Waals surface area contributed by atoms with Gasteiger partial charge >= 0.3 is 6.09 Å². The van der Waals surface area contributed by atoms with Gasteiger partial charge in [0.15, 0.2) is 5.78 Å². The van der Waals surface area contributed by atoms with Crippen molar-refractivity contribution in [1.82, 2.24) is 9.88 Å². The second-order valence-corrected chi connectivity index (χ2v) is 7.83. The number of morpholine rings is 1. The molecule has 1 aromatic rings. The quantitative estimate of drug-likeness (QED) is 0.770. The Bertz CT molecular complexity index is 671. The molecule has 1 aromatic heterocycles. The highest BCUT2D eigenvalue weighted by Gasteiger charge is 2.45. The van der Waals surface area contributed by atoms with Crippen LogP contribution in [0.25, 0.3) is 0 Å². The van der Waals surface area contributed by atoms with Crippen LogP contribution in [0.1, 0.15) is 44.1 Å². The number of carbonyl (C=O) groups is 2. The number of piperidine rings is 1. The summed E-state index contributed by atoms with van der Waals surface area (Å²) in [5, 5.41) is 0. The molecule has 0 saturated carbocycles. The smallest absolute Gasteiger partial charge is 0.410 e. The first kappa shape index (κ1) is 18.6. The van der Waals surface area contributed by atoms with Gasteiger partial charge in [0, 0.05) is 12.0 Å². The predicted octanol–water partition coefficient (Wildman–Crippen LogP) is 2.69. The van der Waals surface area contributed by atoms with Crippen LogP contribution in [0.2, 0.25) is 0 Å². The molecule has 0 aromatic carbocycles. The minimum atomic E-state index is -0.552. The summed E-state index contributed by atoms with van der Waals surface area (Å²) in [7, 11) is 1.53. The van der Waals surface area contributed by atoms with Crippen LogP contribution in [-0.4, -0.2) is 59.8 Å². The lowest BCUT2D eigenvalue weighted by Crippen LogP contribution is -2.60. The molecule has 26 heavy (non-hydrogen) atoms. The number of ketones is 1. The molecule has 0 aliphatic carbocycles. The van der Waals surface area contributed by atoms with E-state index in [2.05, 4.69) is 4.98 Å². The van der Waals surface area contributed by atoms with Gasteiger partial charge in [-0.15, -0.1) is 0 Å². The Labute approximate surface area is 153 Å². The summed E-state index contributed by atoms with van der Waals surface area (Å²) in [6.45, 7) is 6.39. The highest BCUT2D eigenvalue weighted by molar-refractivity contribution is 5.96. The number of hydrogen-bond donors (Lipinski definition) is 0. The largest absolute Gasteiger partial charge is 0.481 e. The predicted molar refractivity (Wildman–Crippen MR) is 94.3 cm³/mol. The molecule has 3 rings (SSSR count). The topological polar surface area (TPSA) is 78.0 Å². The van der Waals surface area contributed by atoms with E-state index in [0.29, 0.717) is 37.6 Å². The lowest BCUT2D eigenvalue weighted by molar-refractivity contribution is -0.0861. The lowest BCUT2D eigenvalue weighted by Gasteiger charge is -2.47. The van der Waals surface area contributed by atoms with Gasteiger partial charge in [0.25, 0.3) is 0 Å². The Morgan fingerprint density at radius 1 is 1.19 bits per heavy atom. The monoisotopic (exact) mass is 362 g/mol. The molecule has 2 unspecified atom stereocenters. The van der Waals surface area contributed by atoms with Crippen LogP contribution in [0.3, 0.4) is 0 Å². The van der Waals surface area contributed by atoms with Gasteiger partial charge in [0.1, 0.15) is 11.3 Å². The summed E-state index contributed by atoms with van der Waals surface area (Å²) in [6.07, 6.45) is 0.766. The SMILES string of the molecule is COc1cccc(C(=O)C2CC3COCC(C2)N3C(=O)OC(C)(C)C)n1. The number of hydrogen-bond acceptors (Lipinski definition) is 6. The van der Waals surface area contributed by atoms with E-state index in [1.54, 1.807) is 23.1 Å². The summed E-state index contributed by atoms with van der Waals surface area (Å²) in [5.41, 5.74) is -0.150. The van der Waals surface area contributed by atoms with Gasteiger partial charge in [0.05, 0.1) is 32.4 Å². The van der Waals surface area contributed by atoms with Crippen molar-refractivity contribution in [3.05, 3.63) is 23.9 Å². The normalized spacial score (nSPS) is 25.5. The number of rotatable bonds is 3. The van der Waals surface area contributed by atoms with Gasteiger partial charge in [-0.05, 0) is 39.7 Å². The number of methoxy groups -OCH3 is 1. The number of aromatic nitrogens is 1. The summed E-state index contributed by atoms with van der Waals surface area (Å²) >= 11 is 0. The van der Waals surface area contributed by atoms with Gasteiger partial charge in [-0.1, -0.05) is 6.07 Å². The lowest BCUT2D eigenvalue weighted by atomic mass is 9.82. The maximum absolute atomic E-state index is 12.9. The maximum atomic E-state index is 12.9. The third-order valence-electron chi connectivity index (χ3n) is 4.68. The number of amides is 1. The van der Waals surface area contributed by atoms with E-state index in [-0.39, 0.29) is 29.9 Å². The van der Waals surface area contributed by atoms with Crippen molar-refractivity contribution in [2.75, 3.05) is 20.3 Å². The first-order valence-corrected chi connectivity index (χ1v) is 8.93. The van der Waals surface area contributed by atoms with E-state index in [0.717, 1.165) is 0 Å². The molecule has 2 fully saturated rings. The Hall–Kier alpha value is -2.15. The fraction of sp³-hybridized carbons (Fsp3) is 0.632. The third kappa shape index (κ3) is 3.98. The van der Waals surface area contributed by atoms with Crippen LogP contribution in [0.5, 0.6) is 5.88 Å². The van der Waals surface area contributed by atoms with Crippen molar-refractivity contribution in [2.24, 2.45) is 5.92 Å². The van der Waals surface area contributed by atoms with Crippen LogP contribution in [0.4, 0.5) is 4.79 Å². The van der Waals surface area contributed by atoms with Gasteiger partial charge in [-0.2, -0.15) is 0 Å². The van der Waals surface area contributed by atoms with E-state index < -0.39 is 5.60 Å². The molecule has 1 amide bonds. The molecule has 7 heteroatoms. The van der Waals surface area contributed by atoms with Crippen LogP contribution < -0.4 is 4.74 Å². The first-order valence-electron chi connectivity index (χ1n) is 8.93. The molecule has 2 aliphatic rings. The zero-order chi connectivity index (χ0) is 18.9. The van der Waals surface area contributed by atoms with Gasteiger partial charge in [0.2, 0.25) is 5.88 Å². The van der Waals surface area contributed by atoms with Crippen molar-refractivity contribution >= 4 is 11.9 Å². The van der Waals surface area contributed by atoms with Crippen molar-refractivity contribution in [1.29, 1.82) is 0 Å². The van der Waals surface area contributed by atoms with Crippen LogP contribution in [-0.2, 0) is 9.47 Å². The molecule has 2 aliphatic heterocycles. The van der Waals surface area contributed by atoms with Crippen molar-refractivity contribution in [3.8, 4) is 5.88 Å². The Kier molecular flexibility index (Phi) is 5.18. The van der Waals surface area contributed by atoms with E-state index in [4.69, 9.17) is 14.2 Å². The second kappa shape index (κ2) is 7.23. The molecule has 142 valence electrons. The zero-order valence-electron chi connectivity index (χ0n) is 15.7. The number of fused-ring (bicyclic) bond motifs is 2. The molecule has 3 heterocycles. The zero-order valence-corrected chi connectivity index (χ0v) is 15.7. The number of Topliss-reactive ketones (excluding diaryl/α,β-unsaturated/α-hetero) is 1. The average molecular weight is 362 g/mol. The molecular formula is C19H26N2O5. The number of nitrogens with zero attached hydrogens (tertiary/aromatic N) is 2. The minimum Gasteiger partial charge on any atom is -0.481 e. The second-order valence-electron chi connectivity index (χ2n) is 7.83. The molecule has 0 spiro atoms. The molecule has 0 radical (unpaired) electrons. The van der Waals surface area contributed by atoms with Crippen LogP contribution >= 0.6 is 0 Å². The number of pyridine rings is 1. The fourth-order valence-electron chi connectivity index (χ4n) is 3.62. The van der Waals surface area contributed by atoms with E-state index in [9.17, 15) is 9.59 Å². The van der Waals surface area contributed by atoms with Gasteiger partial charge < -0.3 is 14.2 Å². The van der Waals surface area contributed by atoms with E-state index >= 15 is 0 Å². The highest BCUT2D eigenvalue weighted by Crippen LogP contribution is 2.34. The van der Waals surface area contributed by atoms with E-state index in [1.165, 1.54) is 7.11 Å². The van der Waals surface area contributed by atoms with Crippen LogP contribution in [0.15, 0.2) is 18.2 Å². The molecular weight excluding hydrogens is 336 g/mol. The van der Waals surface area contributed by atoms with Crippen LogP contribution in [0, 0.1) is 5.92 Å². The molecule has 7 nitrogen and oxygen atoms in total. The van der Waals surface area contributed by atoms with Gasteiger partial charge in [-0.25, -0.2) is 9.78 Å². The number of carbonyl (C=O) groups excluding carboxylic acids is 2. The molecule has 2 atom stereocenters. The number of ether oxygens (including phenoxy) is 3. The highest BCUT2D eigenvalue weighted by atomic mass is 16.6. The summed E-state index contributed by atoms with van der Waals surface area (Å²) in [5.74, 6) is 0.224. The first-order chi connectivity index (χ1) is 12.3. The average Bonchev–Trinajstić information content (AvgIpc) is 2.58. The standard InChI is InChI=1S/C19H26N2O5/c1-19(2,3)26-18(23)21-13-8-12(9-14(21)11-25-10-13)17(22)15-6-5-7-16(20-15)24-4/h5-7,12-14H,8-11H2,1-4H3. The molecule has 0 N–H and O–H groups in total. The Morgan fingerprint density at radius 2 is 1.85 bits per heavy atom. The van der Waals surface area contributed by atoms with Crippen molar-refractivity contribution in [3.63, 3.8) is 0 Å². The Balaban J connectivity index is 1.75. The summed E-state index contributed by atoms with van der Waals surface area (Å²) in [6, 6.07) is 4.87.